The van der Waals surface area contributed by atoms with Crippen LogP contribution in [0.4, 0.5) is 0 Å². The van der Waals surface area contributed by atoms with E-state index >= 15 is 0 Å². The summed E-state index contributed by atoms with van der Waals surface area (Å²) in [7, 11) is 1.92. The SMILES string of the molecule is CCOC1CC(NC(=O)[C@H]2CNC[C@@H]2c2cnn(C)c2)C1(CC)CC.Cl. The lowest BCUT2D eigenvalue weighted by Gasteiger charge is -2.55. The summed E-state index contributed by atoms with van der Waals surface area (Å²) in [5.74, 6) is 0.348. The van der Waals surface area contributed by atoms with Crippen molar-refractivity contribution in [1.29, 1.82) is 0 Å². The number of hydrogen-bond acceptors (Lipinski definition) is 4. The first kappa shape index (κ1) is 21.2. The Balaban J connectivity index is 0.00000243. The summed E-state index contributed by atoms with van der Waals surface area (Å²) in [5, 5.41) is 11.0. The number of ether oxygens (including phenoxy) is 1. The summed E-state index contributed by atoms with van der Waals surface area (Å²) < 4.78 is 7.74. The zero-order valence-corrected chi connectivity index (χ0v) is 17.1. The molecule has 2 aliphatic rings. The molecule has 0 radical (unpaired) electrons. The highest BCUT2D eigenvalue weighted by Crippen LogP contribution is 2.49. The summed E-state index contributed by atoms with van der Waals surface area (Å²) in [6.45, 7) is 8.78. The van der Waals surface area contributed by atoms with E-state index < -0.39 is 0 Å². The predicted octanol–water partition coefficient (Wildman–Crippen LogP) is 2.24. The zero-order chi connectivity index (χ0) is 18.0. The number of hydrogen-bond donors (Lipinski definition) is 2. The van der Waals surface area contributed by atoms with Gasteiger partial charge in [-0.2, -0.15) is 5.10 Å². The molecule has 2 unspecified atom stereocenters. The monoisotopic (exact) mass is 384 g/mol. The average Bonchev–Trinajstić information content (AvgIpc) is 3.23. The standard InChI is InChI=1S/C19H32N4O2.ClH/c1-5-19(6-2)16(8-17(19)25-7-3)22-18(24)15-11-20-10-14(15)13-9-21-23(4)12-13;/h9,12,14-17,20H,5-8,10-11H2,1-4H3,(H,22,24);1H/t14-,15+,16?,17?;/m1./s1. The molecular formula is C19H33ClN4O2. The van der Waals surface area contributed by atoms with Gasteiger partial charge in [0.05, 0.1) is 18.2 Å². The van der Waals surface area contributed by atoms with Crippen LogP contribution in [-0.4, -0.2) is 47.5 Å². The topological polar surface area (TPSA) is 68.2 Å². The molecule has 1 aromatic heterocycles. The van der Waals surface area contributed by atoms with Crippen LogP contribution in [0, 0.1) is 11.3 Å². The second-order valence-electron chi connectivity index (χ2n) is 7.50. The maximum Gasteiger partial charge on any atom is 0.225 e. The molecule has 1 aliphatic carbocycles. The van der Waals surface area contributed by atoms with Gasteiger partial charge in [0.1, 0.15) is 0 Å². The first-order valence-corrected chi connectivity index (χ1v) is 9.66. The molecule has 4 atom stereocenters. The molecule has 2 heterocycles. The number of amides is 1. The van der Waals surface area contributed by atoms with E-state index in [0.29, 0.717) is 0 Å². The highest BCUT2D eigenvalue weighted by molar-refractivity contribution is 5.85. The van der Waals surface area contributed by atoms with Crippen molar-refractivity contribution in [2.75, 3.05) is 19.7 Å². The van der Waals surface area contributed by atoms with E-state index in [1.165, 1.54) is 0 Å². The van der Waals surface area contributed by atoms with E-state index in [0.717, 1.165) is 44.5 Å². The molecule has 6 nitrogen and oxygen atoms in total. The minimum atomic E-state index is -0.0262. The van der Waals surface area contributed by atoms with Crippen LogP contribution in [0.5, 0.6) is 0 Å². The molecule has 0 aromatic carbocycles. The fourth-order valence-electron chi connectivity index (χ4n) is 4.80. The van der Waals surface area contributed by atoms with Crippen molar-refractivity contribution in [1.82, 2.24) is 20.4 Å². The van der Waals surface area contributed by atoms with Crippen molar-refractivity contribution in [3.05, 3.63) is 18.0 Å². The average molecular weight is 385 g/mol. The third kappa shape index (κ3) is 3.64. The minimum absolute atomic E-state index is 0. The molecule has 0 spiro atoms. The Morgan fingerprint density at radius 3 is 2.69 bits per heavy atom. The van der Waals surface area contributed by atoms with Crippen molar-refractivity contribution in [2.45, 2.75) is 58.1 Å². The second-order valence-corrected chi connectivity index (χ2v) is 7.50. The lowest BCUT2D eigenvalue weighted by atomic mass is 9.58. The summed E-state index contributed by atoms with van der Waals surface area (Å²) >= 11 is 0. The van der Waals surface area contributed by atoms with Crippen molar-refractivity contribution >= 4 is 18.3 Å². The molecule has 7 heteroatoms. The number of nitrogens with one attached hydrogen (secondary N) is 2. The molecule has 1 amide bonds. The van der Waals surface area contributed by atoms with Gasteiger partial charge in [-0.1, -0.05) is 13.8 Å². The molecule has 148 valence electrons. The Kier molecular flexibility index (Phi) is 7.11. The van der Waals surface area contributed by atoms with Gasteiger partial charge < -0.3 is 15.4 Å². The summed E-state index contributed by atoms with van der Waals surface area (Å²) in [6, 6.07) is 0.224. The van der Waals surface area contributed by atoms with Gasteiger partial charge in [0.2, 0.25) is 5.91 Å². The van der Waals surface area contributed by atoms with Gasteiger partial charge in [0.25, 0.3) is 0 Å². The Labute approximate surface area is 162 Å². The van der Waals surface area contributed by atoms with Gasteiger partial charge in [-0.25, -0.2) is 0 Å². The normalized spacial score (nSPS) is 29.7. The van der Waals surface area contributed by atoms with Crippen LogP contribution in [0.2, 0.25) is 0 Å². The molecule has 0 bridgehead atoms. The van der Waals surface area contributed by atoms with Crippen molar-refractivity contribution in [2.24, 2.45) is 18.4 Å². The number of carbonyl (C=O) groups is 1. The van der Waals surface area contributed by atoms with Crippen LogP contribution < -0.4 is 10.6 Å². The highest BCUT2D eigenvalue weighted by atomic mass is 35.5. The molecule has 1 saturated heterocycles. The van der Waals surface area contributed by atoms with E-state index in [4.69, 9.17) is 4.74 Å². The highest BCUT2D eigenvalue weighted by Gasteiger charge is 2.54. The van der Waals surface area contributed by atoms with Crippen molar-refractivity contribution in [3.63, 3.8) is 0 Å². The summed E-state index contributed by atoms with van der Waals surface area (Å²) in [5.41, 5.74) is 1.23. The summed E-state index contributed by atoms with van der Waals surface area (Å²) in [6.07, 6.45) is 7.18. The molecule has 1 saturated carbocycles. The smallest absolute Gasteiger partial charge is 0.225 e. The molecular weight excluding hydrogens is 352 g/mol. The predicted molar refractivity (Wildman–Crippen MR) is 105 cm³/mol. The van der Waals surface area contributed by atoms with Crippen LogP contribution in [0.25, 0.3) is 0 Å². The Morgan fingerprint density at radius 1 is 1.38 bits per heavy atom. The van der Waals surface area contributed by atoms with Crippen molar-refractivity contribution < 1.29 is 9.53 Å². The van der Waals surface area contributed by atoms with Crippen molar-refractivity contribution in [3.8, 4) is 0 Å². The number of nitrogens with zero attached hydrogens (tertiary/aromatic N) is 2. The number of aromatic nitrogens is 2. The van der Waals surface area contributed by atoms with E-state index in [1.54, 1.807) is 4.68 Å². The van der Waals surface area contributed by atoms with Gasteiger partial charge in [-0.05, 0) is 31.7 Å². The van der Waals surface area contributed by atoms with E-state index in [-0.39, 0.29) is 47.7 Å². The molecule has 2 fully saturated rings. The van der Waals surface area contributed by atoms with Gasteiger partial charge >= 0.3 is 0 Å². The van der Waals surface area contributed by atoms with Crippen LogP contribution in [0.1, 0.15) is 51.5 Å². The number of aryl methyl sites for hydroxylation is 1. The van der Waals surface area contributed by atoms with Gasteiger partial charge in [0, 0.05) is 50.3 Å². The van der Waals surface area contributed by atoms with Crippen LogP contribution in [-0.2, 0) is 16.6 Å². The van der Waals surface area contributed by atoms with E-state index in [2.05, 4.69) is 29.6 Å². The lowest BCUT2D eigenvalue weighted by Crippen LogP contribution is -2.65. The van der Waals surface area contributed by atoms with Gasteiger partial charge in [-0.15, -0.1) is 12.4 Å². The number of halogens is 1. The Bertz CT molecular complexity index is 602. The zero-order valence-electron chi connectivity index (χ0n) is 16.3. The fourth-order valence-corrected chi connectivity index (χ4v) is 4.80. The first-order valence-electron chi connectivity index (χ1n) is 9.66. The maximum atomic E-state index is 13.0. The molecule has 2 N–H and O–H groups in total. The molecule has 1 aromatic rings. The molecule has 3 rings (SSSR count). The molecule has 1 aliphatic heterocycles. The molecule has 26 heavy (non-hydrogen) atoms. The largest absolute Gasteiger partial charge is 0.378 e. The van der Waals surface area contributed by atoms with Crippen LogP contribution in [0.15, 0.2) is 12.4 Å². The van der Waals surface area contributed by atoms with E-state index in [1.807, 2.05) is 26.4 Å². The summed E-state index contributed by atoms with van der Waals surface area (Å²) in [4.78, 5) is 13.0. The Hall–Kier alpha value is -1.11. The van der Waals surface area contributed by atoms with Crippen LogP contribution in [0.3, 0.4) is 0 Å². The fraction of sp³-hybridized carbons (Fsp3) is 0.789. The number of rotatable bonds is 7. The Morgan fingerprint density at radius 2 is 2.12 bits per heavy atom. The maximum absolute atomic E-state index is 13.0. The van der Waals surface area contributed by atoms with E-state index in [9.17, 15) is 4.79 Å². The van der Waals surface area contributed by atoms with Gasteiger partial charge in [-0.3, -0.25) is 9.48 Å². The second kappa shape index (κ2) is 8.72. The number of carbonyl (C=O) groups excluding carboxylic acids is 1. The van der Waals surface area contributed by atoms with Crippen LogP contribution >= 0.6 is 12.4 Å². The van der Waals surface area contributed by atoms with Gasteiger partial charge in [0.15, 0.2) is 0 Å². The quantitative estimate of drug-likeness (QED) is 0.756. The first-order chi connectivity index (χ1) is 12.1. The third-order valence-electron chi connectivity index (χ3n) is 6.49. The lowest BCUT2D eigenvalue weighted by molar-refractivity contribution is -0.150. The minimum Gasteiger partial charge on any atom is -0.378 e. The third-order valence-corrected chi connectivity index (χ3v) is 6.49.